The van der Waals surface area contributed by atoms with E-state index in [0.717, 1.165) is 12.0 Å². The van der Waals surface area contributed by atoms with Crippen molar-refractivity contribution < 1.29 is 13.2 Å². The van der Waals surface area contributed by atoms with Gasteiger partial charge in [0.25, 0.3) is 5.91 Å². The fourth-order valence-corrected chi connectivity index (χ4v) is 6.63. The number of hydrogen-bond acceptors (Lipinski definition) is 3. The Morgan fingerprint density at radius 2 is 1.55 bits per heavy atom. The maximum Gasteiger partial charge on any atom is 0.251 e. The minimum Gasteiger partial charge on any atom is -0.352 e. The second kappa shape index (κ2) is 8.43. The molecule has 170 valence electrons. The number of aryl methyl sites for hydroxylation is 1. The van der Waals surface area contributed by atoms with Crippen LogP contribution in [0.15, 0.2) is 71.6 Å². The van der Waals surface area contributed by atoms with Gasteiger partial charge in [0.05, 0.1) is 4.90 Å². The van der Waals surface area contributed by atoms with Crippen LogP contribution >= 0.6 is 0 Å². The molecule has 6 rings (SSSR count). The molecule has 3 aliphatic rings. The van der Waals surface area contributed by atoms with Crippen LogP contribution in [0.3, 0.4) is 0 Å². The molecule has 5 nitrogen and oxygen atoms in total. The van der Waals surface area contributed by atoms with Crippen molar-refractivity contribution >= 4 is 15.9 Å². The van der Waals surface area contributed by atoms with E-state index < -0.39 is 10.0 Å². The van der Waals surface area contributed by atoms with E-state index in [0.29, 0.717) is 24.6 Å². The number of hydrogen-bond donors (Lipinski definition) is 2. The summed E-state index contributed by atoms with van der Waals surface area (Å²) >= 11 is 0. The Balaban J connectivity index is 1.40. The van der Waals surface area contributed by atoms with Gasteiger partial charge in [-0.05, 0) is 59.2 Å². The van der Waals surface area contributed by atoms with Gasteiger partial charge in [0.2, 0.25) is 10.0 Å². The van der Waals surface area contributed by atoms with Gasteiger partial charge in [0.1, 0.15) is 0 Å². The van der Waals surface area contributed by atoms with E-state index in [2.05, 4.69) is 58.6 Å². The summed E-state index contributed by atoms with van der Waals surface area (Å²) in [6, 6.07) is 22.0. The molecule has 0 saturated heterocycles. The summed E-state index contributed by atoms with van der Waals surface area (Å²) in [5.41, 5.74) is 6.68. The summed E-state index contributed by atoms with van der Waals surface area (Å²) in [4.78, 5) is 13.2. The number of carbonyl (C=O) groups excluding carboxylic acids is 1. The van der Waals surface area contributed by atoms with Crippen molar-refractivity contribution in [1.82, 2.24) is 10.0 Å². The minimum absolute atomic E-state index is 0.111. The van der Waals surface area contributed by atoms with Gasteiger partial charge in [0.15, 0.2) is 0 Å². The molecule has 1 amide bonds. The Morgan fingerprint density at radius 3 is 2.15 bits per heavy atom. The molecule has 33 heavy (non-hydrogen) atoms. The summed E-state index contributed by atoms with van der Waals surface area (Å²) in [7, 11) is -3.62. The van der Waals surface area contributed by atoms with Crippen molar-refractivity contribution in [2.45, 2.75) is 37.0 Å². The standard InChI is InChI=1S/C27H28N2O3S/c1-3-29-33(31,32)19-13-12-17(2)24(15-19)27(30)28-16-18-14-25-20-8-4-6-10-22(20)26(18)23-11-7-5-9-21(23)25/h4-13,15,18,25-26,29H,3,14,16H2,1-2H3,(H,28,30). The quantitative estimate of drug-likeness (QED) is 0.575. The first-order valence-electron chi connectivity index (χ1n) is 11.5. The molecular weight excluding hydrogens is 432 g/mol. The predicted molar refractivity (Wildman–Crippen MR) is 129 cm³/mol. The Labute approximate surface area is 195 Å². The molecule has 0 spiro atoms. The van der Waals surface area contributed by atoms with Crippen molar-refractivity contribution in [3.63, 3.8) is 0 Å². The molecule has 0 saturated carbocycles. The Bertz CT molecular complexity index is 1290. The molecule has 0 aromatic heterocycles. The van der Waals surface area contributed by atoms with Gasteiger partial charge < -0.3 is 5.32 Å². The molecule has 3 aromatic carbocycles. The van der Waals surface area contributed by atoms with Crippen molar-refractivity contribution in [2.75, 3.05) is 13.1 Å². The van der Waals surface area contributed by atoms with Crippen molar-refractivity contribution in [2.24, 2.45) is 5.92 Å². The van der Waals surface area contributed by atoms with Crippen LogP contribution in [0.4, 0.5) is 0 Å². The lowest BCUT2D eigenvalue weighted by atomic mass is 9.59. The summed E-state index contributed by atoms with van der Waals surface area (Å²) in [5, 5.41) is 3.11. The van der Waals surface area contributed by atoms with Gasteiger partial charge in [-0.2, -0.15) is 0 Å². The van der Waals surface area contributed by atoms with E-state index in [4.69, 9.17) is 0 Å². The van der Waals surface area contributed by atoms with Crippen molar-refractivity contribution in [3.8, 4) is 0 Å². The largest absolute Gasteiger partial charge is 0.352 e. The first-order chi connectivity index (χ1) is 15.9. The fraction of sp³-hybridized carbons (Fsp3) is 0.296. The number of rotatable bonds is 6. The van der Waals surface area contributed by atoms with Crippen LogP contribution in [-0.4, -0.2) is 27.4 Å². The third-order valence-corrected chi connectivity index (χ3v) is 8.59. The maximum absolute atomic E-state index is 13.1. The van der Waals surface area contributed by atoms with Gasteiger partial charge in [-0.25, -0.2) is 13.1 Å². The Kier molecular flexibility index (Phi) is 5.59. The molecule has 2 bridgehead atoms. The third kappa shape index (κ3) is 3.77. The first-order valence-corrected chi connectivity index (χ1v) is 12.9. The predicted octanol–water partition coefficient (Wildman–Crippen LogP) is 4.32. The maximum atomic E-state index is 13.1. The van der Waals surface area contributed by atoms with Gasteiger partial charge in [0, 0.05) is 30.5 Å². The average molecular weight is 461 g/mol. The minimum atomic E-state index is -3.62. The summed E-state index contributed by atoms with van der Waals surface area (Å²) in [5.74, 6) is 0.658. The highest BCUT2D eigenvalue weighted by Crippen LogP contribution is 2.55. The van der Waals surface area contributed by atoms with E-state index in [1.54, 1.807) is 13.0 Å². The molecule has 3 aromatic rings. The second-order valence-corrected chi connectivity index (χ2v) is 10.7. The zero-order chi connectivity index (χ0) is 23.2. The highest BCUT2D eigenvalue weighted by Gasteiger charge is 2.42. The molecule has 2 N–H and O–H groups in total. The average Bonchev–Trinajstić information content (AvgIpc) is 2.83. The van der Waals surface area contributed by atoms with Gasteiger partial charge >= 0.3 is 0 Å². The summed E-state index contributed by atoms with van der Waals surface area (Å²) in [6.45, 7) is 4.40. The van der Waals surface area contributed by atoms with Crippen molar-refractivity contribution in [3.05, 3.63) is 100 Å². The van der Waals surface area contributed by atoms with Crippen LogP contribution in [0.25, 0.3) is 0 Å². The number of sulfonamides is 1. The van der Waals surface area contributed by atoms with E-state index >= 15 is 0 Å². The van der Waals surface area contributed by atoms with Crippen LogP contribution in [0, 0.1) is 12.8 Å². The number of fused-ring (bicyclic) bond motifs is 1. The van der Waals surface area contributed by atoms with E-state index in [9.17, 15) is 13.2 Å². The second-order valence-electron chi connectivity index (χ2n) is 8.97. The lowest BCUT2D eigenvalue weighted by molar-refractivity contribution is 0.0942. The smallest absolute Gasteiger partial charge is 0.251 e. The van der Waals surface area contributed by atoms with Crippen molar-refractivity contribution in [1.29, 1.82) is 0 Å². The number of carbonyl (C=O) groups is 1. The first kappa shape index (κ1) is 21.9. The molecule has 1 unspecified atom stereocenters. The third-order valence-electron chi connectivity index (χ3n) is 7.05. The molecule has 1 atom stereocenters. The molecule has 0 heterocycles. The lowest BCUT2D eigenvalue weighted by Gasteiger charge is -2.45. The number of nitrogens with one attached hydrogen (secondary N) is 2. The summed E-state index contributed by atoms with van der Waals surface area (Å²) in [6.07, 6.45) is 0.993. The zero-order valence-electron chi connectivity index (χ0n) is 18.8. The normalized spacial score (nSPS) is 20.7. The van der Waals surface area contributed by atoms with Gasteiger partial charge in [-0.15, -0.1) is 0 Å². The molecular formula is C27H28N2O3S. The Morgan fingerprint density at radius 1 is 0.939 bits per heavy atom. The Hall–Kier alpha value is -2.96. The highest BCUT2D eigenvalue weighted by atomic mass is 32.2. The zero-order valence-corrected chi connectivity index (χ0v) is 19.7. The highest BCUT2D eigenvalue weighted by molar-refractivity contribution is 7.89. The van der Waals surface area contributed by atoms with E-state index in [-0.39, 0.29) is 22.6 Å². The van der Waals surface area contributed by atoms with Crippen LogP contribution in [0.1, 0.15) is 63.4 Å². The van der Waals surface area contributed by atoms with E-state index in [1.807, 2.05) is 6.92 Å². The van der Waals surface area contributed by atoms with Gasteiger partial charge in [-0.1, -0.05) is 61.5 Å². The molecule has 0 radical (unpaired) electrons. The molecule has 0 fully saturated rings. The lowest BCUT2D eigenvalue weighted by Crippen LogP contribution is -2.39. The fourth-order valence-electron chi connectivity index (χ4n) is 5.57. The van der Waals surface area contributed by atoms with Crippen LogP contribution in [-0.2, 0) is 10.0 Å². The number of amides is 1. The van der Waals surface area contributed by atoms with E-state index in [1.165, 1.54) is 34.4 Å². The molecule has 0 aliphatic heterocycles. The summed E-state index contributed by atoms with van der Waals surface area (Å²) < 4.78 is 27.3. The molecule has 3 aliphatic carbocycles. The molecule has 6 heteroatoms. The van der Waals surface area contributed by atoms with Gasteiger partial charge in [-0.3, -0.25) is 4.79 Å². The number of benzene rings is 3. The SMILES string of the molecule is CCNS(=O)(=O)c1ccc(C)c(C(=O)NCC2CC3c4ccccc4C2c2ccccc23)c1. The van der Waals surface area contributed by atoms with Crippen LogP contribution < -0.4 is 10.0 Å². The topological polar surface area (TPSA) is 75.3 Å². The van der Waals surface area contributed by atoms with Crippen LogP contribution in [0.2, 0.25) is 0 Å². The van der Waals surface area contributed by atoms with Crippen LogP contribution in [0.5, 0.6) is 0 Å². The monoisotopic (exact) mass is 460 g/mol.